The molecule has 0 amide bonds. The standard InChI is InChI=1S/C10H8ClNO3/c1-10(2)8(14)7(13)5-3-4-6(11)12-9(5)15-10/h3-4H,1-2H3. The van der Waals surface area contributed by atoms with Crippen molar-refractivity contribution in [3.63, 3.8) is 0 Å². The number of hydrogen-bond acceptors (Lipinski definition) is 4. The van der Waals surface area contributed by atoms with E-state index in [1.54, 1.807) is 0 Å². The second kappa shape index (κ2) is 3.03. The van der Waals surface area contributed by atoms with Crippen LogP contribution in [-0.2, 0) is 4.79 Å². The van der Waals surface area contributed by atoms with Gasteiger partial charge in [-0.3, -0.25) is 9.59 Å². The fraction of sp³-hybridized carbons (Fsp3) is 0.300. The zero-order valence-electron chi connectivity index (χ0n) is 8.20. The van der Waals surface area contributed by atoms with Gasteiger partial charge >= 0.3 is 0 Å². The summed E-state index contributed by atoms with van der Waals surface area (Å²) >= 11 is 5.67. The van der Waals surface area contributed by atoms with Gasteiger partial charge in [-0.2, -0.15) is 0 Å². The fourth-order valence-corrected chi connectivity index (χ4v) is 1.49. The van der Waals surface area contributed by atoms with Gasteiger partial charge in [-0.25, -0.2) is 4.98 Å². The third-order valence-corrected chi connectivity index (χ3v) is 2.39. The number of rotatable bonds is 0. The lowest BCUT2D eigenvalue weighted by atomic mass is 9.93. The van der Waals surface area contributed by atoms with Crippen LogP contribution in [0, 0.1) is 0 Å². The molecule has 2 heterocycles. The molecule has 1 aliphatic rings. The molecule has 0 N–H and O–H groups in total. The average Bonchev–Trinajstić information content (AvgIpc) is 2.13. The summed E-state index contributed by atoms with van der Waals surface area (Å²) in [5.41, 5.74) is -0.995. The largest absolute Gasteiger partial charge is 0.463 e. The summed E-state index contributed by atoms with van der Waals surface area (Å²) in [5.74, 6) is -1.03. The van der Waals surface area contributed by atoms with Gasteiger partial charge in [0, 0.05) is 0 Å². The van der Waals surface area contributed by atoms with Crippen molar-refractivity contribution in [2.45, 2.75) is 19.4 Å². The summed E-state index contributed by atoms with van der Waals surface area (Å²) in [7, 11) is 0. The molecule has 2 rings (SSSR count). The lowest BCUT2D eigenvalue weighted by molar-refractivity contribution is -0.128. The maximum Gasteiger partial charge on any atom is 0.246 e. The van der Waals surface area contributed by atoms with Gasteiger partial charge in [0.15, 0.2) is 5.60 Å². The van der Waals surface area contributed by atoms with Crippen LogP contribution in [0.15, 0.2) is 12.1 Å². The quantitative estimate of drug-likeness (QED) is 0.498. The Labute approximate surface area is 91.2 Å². The average molecular weight is 226 g/mol. The van der Waals surface area contributed by atoms with Gasteiger partial charge in [-0.05, 0) is 26.0 Å². The number of halogens is 1. The highest BCUT2D eigenvalue weighted by Gasteiger charge is 2.42. The second-order valence-corrected chi connectivity index (χ2v) is 4.14. The maximum atomic E-state index is 11.6. The summed E-state index contributed by atoms with van der Waals surface area (Å²) in [6.07, 6.45) is 0. The Balaban J connectivity index is 2.60. The van der Waals surface area contributed by atoms with Crippen molar-refractivity contribution >= 4 is 23.2 Å². The van der Waals surface area contributed by atoms with Crippen molar-refractivity contribution in [2.24, 2.45) is 0 Å². The van der Waals surface area contributed by atoms with E-state index < -0.39 is 17.2 Å². The number of aromatic nitrogens is 1. The van der Waals surface area contributed by atoms with E-state index in [9.17, 15) is 9.59 Å². The molecular weight excluding hydrogens is 218 g/mol. The van der Waals surface area contributed by atoms with Gasteiger partial charge < -0.3 is 4.74 Å². The van der Waals surface area contributed by atoms with E-state index >= 15 is 0 Å². The van der Waals surface area contributed by atoms with E-state index in [0.29, 0.717) is 0 Å². The van der Waals surface area contributed by atoms with Gasteiger partial charge in [-0.15, -0.1) is 0 Å². The molecule has 1 aromatic rings. The molecule has 0 atom stereocenters. The third-order valence-electron chi connectivity index (χ3n) is 2.18. The summed E-state index contributed by atoms with van der Waals surface area (Å²) in [6.45, 7) is 3.05. The predicted octanol–water partition coefficient (Wildman–Crippen LogP) is 1.66. The van der Waals surface area contributed by atoms with Crippen molar-refractivity contribution in [3.8, 4) is 5.88 Å². The minimum atomic E-state index is -1.16. The van der Waals surface area contributed by atoms with E-state index in [4.69, 9.17) is 16.3 Å². The van der Waals surface area contributed by atoms with E-state index in [1.807, 2.05) is 0 Å². The molecule has 0 aliphatic carbocycles. The molecule has 0 radical (unpaired) electrons. The number of Topliss-reactive ketones (excluding diaryl/α,β-unsaturated/α-hetero) is 2. The normalized spacial score (nSPS) is 18.3. The van der Waals surface area contributed by atoms with Crippen LogP contribution in [0.25, 0.3) is 0 Å². The van der Waals surface area contributed by atoms with Gasteiger partial charge in [0.25, 0.3) is 0 Å². The number of hydrogen-bond donors (Lipinski definition) is 0. The maximum absolute atomic E-state index is 11.6. The zero-order chi connectivity index (χ0) is 11.2. The van der Waals surface area contributed by atoms with Gasteiger partial charge in [0.1, 0.15) is 5.15 Å². The Morgan fingerprint density at radius 3 is 2.67 bits per heavy atom. The first-order valence-electron chi connectivity index (χ1n) is 4.36. The van der Waals surface area contributed by atoms with E-state index in [1.165, 1.54) is 26.0 Å². The van der Waals surface area contributed by atoms with Crippen LogP contribution < -0.4 is 4.74 Å². The highest BCUT2D eigenvalue weighted by molar-refractivity contribution is 6.47. The van der Waals surface area contributed by atoms with Crippen LogP contribution >= 0.6 is 11.6 Å². The Bertz CT molecular complexity index is 468. The van der Waals surface area contributed by atoms with E-state index in [-0.39, 0.29) is 16.6 Å². The van der Waals surface area contributed by atoms with Crippen molar-refractivity contribution < 1.29 is 14.3 Å². The van der Waals surface area contributed by atoms with Crippen molar-refractivity contribution in [1.29, 1.82) is 0 Å². The Hall–Kier alpha value is -1.42. The molecule has 0 saturated heterocycles. The van der Waals surface area contributed by atoms with Crippen molar-refractivity contribution in [1.82, 2.24) is 4.98 Å². The molecule has 0 unspecified atom stereocenters. The fourth-order valence-electron chi connectivity index (χ4n) is 1.35. The summed E-state index contributed by atoms with van der Waals surface area (Å²) < 4.78 is 5.32. The van der Waals surface area contributed by atoms with Crippen LogP contribution in [0.5, 0.6) is 5.88 Å². The van der Waals surface area contributed by atoms with E-state index in [2.05, 4.69) is 4.98 Å². The van der Waals surface area contributed by atoms with Crippen molar-refractivity contribution in [3.05, 3.63) is 22.8 Å². The molecule has 0 fully saturated rings. The Morgan fingerprint density at radius 2 is 2.00 bits per heavy atom. The van der Waals surface area contributed by atoms with Gasteiger partial charge in [-0.1, -0.05) is 11.6 Å². The minimum Gasteiger partial charge on any atom is -0.463 e. The minimum absolute atomic E-state index is 0.122. The molecule has 5 heteroatoms. The third kappa shape index (κ3) is 1.51. The van der Waals surface area contributed by atoms with Crippen LogP contribution in [0.1, 0.15) is 24.2 Å². The van der Waals surface area contributed by atoms with E-state index in [0.717, 1.165) is 0 Å². The second-order valence-electron chi connectivity index (χ2n) is 3.76. The summed E-state index contributed by atoms with van der Waals surface area (Å²) in [4.78, 5) is 27.1. The molecule has 78 valence electrons. The SMILES string of the molecule is CC1(C)Oc2nc(Cl)ccc2C(=O)C1=O. The van der Waals surface area contributed by atoms with Crippen LogP contribution in [0.4, 0.5) is 0 Å². The van der Waals surface area contributed by atoms with Crippen LogP contribution in [-0.4, -0.2) is 22.2 Å². The summed E-state index contributed by atoms with van der Waals surface area (Å²) in [5, 5.41) is 0.228. The first kappa shape index (κ1) is 10.1. The number of pyridine rings is 1. The molecule has 15 heavy (non-hydrogen) atoms. The highest BCUT2D eigenvalue weighted by atomic mass is 35.5. The lowest BCUT2D eigenvalue weighted by Crippen LogP contribution is -2.46. The van der Waals surface area contributed by atoms with Crippen molar-refractivity contribution in [2.75, 3.05) is 0 Å². The molecule has 0 aromatic carbocycles. The van der Waals surface area contributed by atoms with Gasteiger partial charge in [0.2, 0.25) is 17.4 Å². The Kier molecular flexibility index (Phi) is 2.04. The topological polar surface area (TPSA) is 56.3 Å². The molecule has 1 aromatic heterocycles. The molecule has 0 bridgehead atoms. The smallest absolute Gasteiger partial charge is 0.246 e. The van der Waals surface area contributed by atoms with Crippen LogP contribution in [0.3, 0.4) is 0 Å². The molecular formula is C10H8ClNO3. The molecule has 0 spiro atoms. The Morgan fingerprint density at radius 1 is 1.33 bits per heavy atom. The van der Waals surface area contributed by atoms with Gasteiger partial charge in [0.05, 0.1) is 5.56 Å². The first-order chi connectivity index (χ1) is 6.92. The first-order valence-corrected chi connectivity index (χ1v) is 4.74. The predicted molar refractivity (Wildman–Crippen MR) is 53.3 cm³/mol. The number of ketones is 2. The molecule has 1 aliphatic heterocycles. The number of fused-ring (bicyclic) bond motifs is 1. The lowest BCUT2D eigenvalue weighted by Gasteiger charge is -2.28. The molecule has 4 nitrogen and oxygen atoms in total. The zero-order valence-corrected chi connectivity index (χ0v) is 8.96. The summed E-state index contributed by atoms with van der Waals surface area (Å²) in [6, 6.07) is 2.90. The van der Waals surface area contributed by atoms with Crippen LogP contribution in [0.2, 0.25) is 5.15 Å². The number of carbonyl (C=O) groups is 2. The number of carbonyl (C=O) groups excluding carboxylic acids is 2. The highest BCUT2D eigenvalue weighted by Crippen LogP contribution is 2.30. The monoisotopic (exact) mass is 225 g/mol. The number of ether oxygens (including phenoxy) is 1. The number of nitrogens with zero attached hydrogens (tertiary/aromatic N) is 1. The molecule has 0 saturated carbocycles.